The highest BCUT2D eigenvalue weighted by Crippen LogP contribution is 2.64. The summed E-state index contributed by atoms with van der Waals surface area (Å²) < 4.78 is 0. The third kappa shape index (κ3) is 4.31. The summed E-state index contributed by atoms with van der Waals surface area (Å²) in [7, 11) is 0. The molecule has 9 aromatic rings. The number of hydrogen-bond donors (Lipinski definition) is 0. The zero-order valence-electron chi connectivity index (χ0n) is 28.7. The molecule has 8 aromatic carbocycles. The lowest BCUT2D eigenvalue weighted by molar-refractivity contribution is 0.796. The number of hydrogen-bond acceptors (Lipinski definition) is 3. The predicted octanol–water partition coefficient (Wildman–Crippen LogP) is 12.0. The second kappa shape index (κ2) is 11.5. The molecule has 0 fully saturated rings. The van der Waals surface area contributed by atoms with Gasteiger partial charge in [-0.3, -0.25) is 0 Å². The van der Waals surface area contributed by atoms with Gasteiger partial charge in [-0.2, -0.15) is 0 Å². The quantitative estimate of drug-likeness (QED) is 0.187. The van der Waals surface area contributed by atoms with Crippen LogP contribution in [0.15, 0.2) is 188 Å². The van der Waals surface area contributed by atoms with Crippen LogP contribution in [-0.4, -0.2) is 15.0 Å². The molecule has 3 nitrogen and oxygen atoms in total. The Bertz CT molecular complexity index is 2840. The van der Waals surface area contributed by atoms with Crippen LogP contribution < -0.4 is 0 Å². The minimum absolute atomic E-state index is 0.444. The second-order valence-electron chi connectivity index (χ2n) is 13.9. The Balaban J connectivity index is 1.15. The first kappa shape index (κ1) is 29.7. The lowest BCUT2D eigenvalue weighted by atomic mass is 9.68. The van der Waals surface area contributed by atoms with Gasteiger partial charge in [-0.15, -0.1) is 0 Å². The topological polar surface area (TPSA) is 38.7 Å². The zero-order chi connectivity index (χ0) is 34.9. The summed E-state index contributed by atoms with van der Waals surface area (Å²) in [6, 6.07) is 67.4. The largest absolute Gasteiger partial charge is 0.208 e. The number of fused-ring (bicyclic) bond motifs is 11. The van der Waals surface area contributed by atoms with Crippen LogP contribution in [-0.2, 0) is 5.41 Å². The van der Waals surface area contributed by atoms with Gasteiger partial charge in [-0.25, -0.2) is 15.0 Å². The van der Waals surface area contributed by atoms with Crippen LogP contribution in [0.4, 0.5) is 0 Å². The van der Waals surface area contributed by atoms with E-state index in [4.69, 9.17) is 15.0 Å². The molecule has 0 bridgehead atoms. The lowest BCUT2D eigenvalue weighted by Crippen LogP contribution is -2.26. The van der Waals surface area contributed by atoms with Crippen molar-refractivity contribution in [1.82, 2.24) is 15.0 Å². The molecule has 0 radical (unpaired) electrons. The van der Waals surface area contributed by atoms with E-state index < -0.39 is 5.41 Å². The molecule has 246 valence electrons. The van der Waals surface area contributed by atoms with E-state index in [2.05, 4.69) is 170 Å². The Morgan fingerprint density at radius 3 is 1.49 bits per heavy atom. The molecular weight excluding hydrogens is 643 g/mol. The van der Waals surface area contributed by atoms with Crippen LogP contribution in [0.1, 0.15) is 22.3 Å². The van der Waals surface area contributed by atoms with Crippen molar-refractivity contribution < 1.29 is 0 Å². The van der Waals surface area contributed by atoms with Gasteiger partial charge < -0.3 is 0 Å². The van der Waals surface area contributed by atoms with E-state index in [1.807, 2.05) is 18.2 Å². The van der Waals surface area contributed by atoms with Crippen molar-refractivity contribution in [1.29, 1.82) is 0 Å². The minimum atomic E-state index is -0.444. The van der Waals surface area contributed by atoms with E-state index >= 15 is 0 Å². The Kier molecular flexibility index (Phi) is 6.47. The van der Waals surface area contributed by atoms with Crippen molar-refractivity contribution >= 4 is 10.8 Å². The normalized spacial score (nSPS) is 13.1. The van der Waals surface area contributed by atoms with Gasteiger partial charge in [-0.05, 0) is 72.5 Å². The fraction of sp³-hybridized carbons (Fsp3) is 0.0200. The van der Waals surface area contributed by atoms with Gasteiger partial charge in [0.15, 0.2) is 17.5 Å². The van der Waals surface area contributed by atoms with Gasteiger partial charge in [0.1, 0.15) is 0 Å². The number of nitrogens with zero attached hydrogens (tertiary/aromatic N) is 3. The summed E-state index contributed by atoms with van der Waals surface area (Å²) >= 11 is 0. The SMILES string of the molecule is c1ccc(-c2nc(-c3cccc(-c4cccc5c4C4(c6ccccc6-c6ccccc64)c4ccccc4-5)c3)nc(-c3cccc4ccccc34)n2)cc1. The lowest BCUT2D eigenvalue weighted by Gasteiger charge is -2.32. The molecule has 0 saturated heterocycles. The minimum Gasteiger partial charge on any atom is -0.208 e. The monoisotopic (exact) mass is 673 g/mol. The maximum absolute atomic E-state index is 5.20. The van der Waals surface area contributed by atoms with Gasteiger partial charge in [-0.1, -0.05) is 182 Å². The van der Waals surface area contributed by atoms with Crippen molar-refractivity contribution in [3.8, 4) is 67.5 Å². The Hall–Kier alpha value is -6.97. The highest BCUT2D eigenvalue weighted by molar-refractivity contribution is 5.99. The summed E-state index contributed by atoms with van der Waals surface area (Å²) in [5.41, 5.74) is 15.3. The molecule has 11 rings (SSSR count). The molecule has 0 saturated carbocycles. The summed E-state index contributed by atoms with van der Waals surface area (Å²) in [4.78, 5) is 15.4. The highest BCUT2D eigenvalue weighted by atomic mass is 15.0. The average molecular weight is 674 g/mol. The van der Waals surface area contributed by atoms with E-state index in [0.717, 1.165) is 33.0 Å². The summed E-state index contributed by atoms with van der Waals surface area (Å²) in [6.07, 6.45) is 0. The van der Waals surface area contributed by atoms with Gasteiger partial charge >= 0.3 is 0 Å². The molecule has 1 aromatic heterocycles. The average Bonchev–Trinajstić information content (AvgIpc) is 3.71. The molecule has 0 atom stereocenters. The van der Waals surface area contributed by atoms with Gasteiger partial charge in [0, 0.05) is 16.7 Å². The Morgan fingerprint density at radius 2 is 0.755 bits per heavy atom. The predicted molar refractivity (Wildman–Crippen MR) is 215 cm³/mol. The van der Waals surface area contributed by atoms with Crippen molar-refractivity contribution in [3.63, 3.8) is 0 Å². The first-order valence-corrected chi connectivity index (χ1v) is 18.1. The molecular formula is C50H31N3. The van der Waals surface area contributed by atoms with Crippen LogP contribution >= 0.6 is 0 Å². The molecule has 2 aliphatic carbocycles. The molecule has 1 spiro atoms. The first-order chi connectivity index (χ1) is 26.3. The summed E-state index contributed by atoms with van der Waals surface area (Å²) in [5, 5.41) is 2.26. The van der Waals surface area contributed by atoms with Crippen molar-refractivity contribution in [2.45, 2.75) is 5.41 Å². The molecule has 53 heavy (non-hydrogen) atoms. The maximum Gasteiger partial charge on any atom is 0.164 e. The smallest absolute Gasteiger partial charge is 0.164 e. The van der Waals surface area contributed by atoms with E-state index in [-0.39, 0.29) is 0 Å². The molecule has 0 amide bonds. The second-order valence-corrected chi connectivity index (χ2v) is 13.9. The summed E-state index contributed by atoms with van der Waals surface area (Å²) in [6.45, 7) is 0. The van der Waals surface area contributed by atoms with Crippen molar-refractivity contribution in [3.05, 3.63) is 210 Å². The maximum atomic E-state index is 5.20. The van der Waals surface area contributed by atoms with Crippen LogP contribution in [0.3, 0.4) is 0 Å². The Morgan fingerprint density at radius 1 is 0.302 bits per heavy atom. The fourth-order valence-electron chi connectivity index (χ4n) is 8.98. The number of rotatable bonds is 4. The van der Waals surface area contributed by atoms with Crippen LogP contribution in [0, 0.1) is 0 Å². The van der Waals surface area contributed by atoms with Crippen molar-refractivity contribution in [2.24, 2.45) is 0 Å². The molecule has 0 aliphatic heterocycles. The van der Waals surface area contributed by atoms with E-state index in [1.165, 1.54) is 50.1 Å². The van der Waals surface area contributed by atoms with Gasteiger partial charge in [0.05, 0.1) is 5.41 Å². The van der Waals surface area contributed by atoms with Gasteiger partial charge in [0.2, 0.25) is 0 Å². The highest BCUT2D eigenvalue weighted by Gasteiger charge is 2.52. The van der Waals surface area contributed by atoms with Crippen LogP contribution in [0.5, 0.6) is 0 Å². The Labute approximate surface area is 308 Å². The number of benzene rings is 8. The molecule has 0 N–H and O–H groups in total. The van der Waals surface area contributed by atoms with Crippen LogP contribution in [0.25, 0.3) is 78.3 Å². The molecule has 1 heterocycles. The van der Waals surface area contributed by atoms with E-state index in [1.54, 1.807) is 0 Å². The van der Waals surface area contributed by atoms with Crippen molar-refractivity contribution in [2.75, 3.05) is 0 Å². The van der Waals surface area contributed by atoms with Crippen LogP contribution in [0.2, 0.25) is 0 Å². The third-order valence-corrected chi connectivity index (χ3v) is 11.1. The number of aromatic nitrogens is 3. The molecule has 0 unspecified atom stereocenters. The molecule has 3 heteroatoms. The zero-order valence-corrected chi connectivity index (χ0v) is 28.7. The van der Waals surface area contributed by atoms with E-state index in [0.29, 0.717) is 17.5 Å². The standard InChI is InChI=1S/C50H31N3/c1-2-16-33(17-3-1)47-51-48(53-49(52-47)42-27-13-18-32-15-4-5-21-36(32)42)35-20-12-19-34(31-35)37-25-14-26-41-40-24-8-11-30-45(40)50(46(37)41)43-28-9-6-22-38(43)39-23-7-10-29-44(39)50/h1-31H. The van der Waals surface area contributed by atoms with E-state index in [9.17, 15) is 0 Å². The first-order valence-electron chi connectivity index (χ1n) is 18.1. The van der Waals surface area contributed by atoms with Gasteiger partial charge in [0.25, 0.3) is 0 Å². The summed E-state index contributed by atoms with van der Waals surface area (Å²) in [5.74, 6) is 1.95. The molecule has 2 aliphatic rings. The fourth-order valence-corrected chi connectivity index (χ4v) is 8.98. The third-order valence-electron chi connectivity index (χ3n) is 11.1.